The Labute approximate surface area is 262 Å². The number of terminal acetylenes is 1. The van der Waals surface area contributed by atoms with Crippen molar-refractivity contribution in [2.75, 3.05) is 18.8 Å². The summed E-state index contributed by atoms with van der Waals surface area (Å²) in [4.78, 5) is 15.0. The van der Waals surface area contributed by atoms with Crippen LogP contribution in [0, 0.1) is 25.6 Å². The highest BCUT2D eigenvalue weighted by atomic mass is 19.1. The minimum Gasteiger partial charge on any atom is -0.398 e. The van der Waals surface area contributed by atoms with E-state index >= 15 is 4.39 Å². The average molecular weight is 593 g/mol. The summed E-state index contributed by atoms with van der Waals surface area (Å²) < 4.78 is 16.0. The van der Waals surface area contributed by atoms with E-state index in [9.17, 15) is 0 Å². The van der Waals surface area contributed by atoms with Crippen LogP contribution < -0.4 is 11.1 Å². The number of pyridine rings is 1. The van der Waals surface area contributed by atoms with Gasteiger partial charge in [-0.3, -0.25) is 4.98 Å². The Bertz CT molecular complexity index is 1530. The molecule has 5 rings (SSSR count). The van der Waals surface area contributed by atoms with Crippen LogP contribution >= 0.6 is 0 Å². The maximum absolute atomic E-state index is 16.0. The number of aromatic amines is 1. The Kier molecular flexibility index (Phi) is 13.4. The van der Waals surface area contributed by atoms with Gasteiger partial charge in [-0.15, -0.1) is 12.8 Å². The summed E-state index contributed by atoms with van der Waals surface area (Å²) in [5.74, 6) is 0.337. The number of nitrogens with one attached hydrogen (secondary N) is 2. The Morgan fingerprint density at radius 3 is 2.45 bits per heavy atom. The standard InChI is InChI=1S/C33H37FN6.C2H6.C2H2/c1-3-10-30(40-15-8-5-9-16-40)33-23(2)38-31(39-33)18-28-29(35)14-13-27(32(28)34)26-17-25(21-37-22-26)20-36-19-24-11-6-4-7-12-24;2*1-2/h3-4,6-7,10-14,17,21-22,36H,1,5,8-9,15-16,18-20,35H2,2H3,(H,38,39);1-2H3;1-2H/b30-10+;;. The van der Waals surface area contributed by atoms with Gasteiger partial charge in [-0.2, -0.15) is 0 Å². The Morgan fingerprint density at radius 2 is 1.75 bits per heavy atom. The SMILES string of the molecule is C#C.C=C/C=C(\c1nc(Cc2c(N)ccc(-c3cncc(CNCc4ccccc4)c3)c2F)[nH]c1C)N1CCCCC1.CC. The highest BCUT2D eigenvalue weighted by Crippen LogP contribution is 2.31. The van der Waals surface area contributed by atoms with Crippen LogP contribution in [0.4, 0.5) is 10.1 Å². The van der Waals surface area contributed by atoms with Gasteiger partial charge in [0.2, 0.25) is 0 Å². The number of halogens is 1. The summed E-state index contributed by atoms with van der Waals surface area (Å²) >= 11 is 0. The zero-order valence-corrected chi connectivity index (χ0v) is 26.2. The van der Waals surface area contributed by atoms with Gasteiger partial charge >= 0.3 is 0 Å². The van der Waals surface area contributed by atoms with E-state index < -0.39 is 0 Å². The lowest BCUT2D eigenvalue weighted by Crippen LogP contribution is -2.28. The molecule has 3 heterocycles. The fraction of sp³-hybridized carbons (Fsp3) is 0.297. The molecule has 230 valence electrons. The fourth-order valence-corrected chi connectivity index (χ4v) is 5.32. The van der Waals surface area contributed by atoms with Gasteiger partial charge in [-0.1, -0.05) is 56.8 Å². The number of benzene rings is 2. The fourth-order valence-electron chi connectivity index (χ4n) is 5.32. The molecule has 0 bridgehead atoms. The molecule has 0 saturated carbocycles. The van der Waals surface area contributed by atoms with Crippen molar-refractivity contribution >= 4 is 11.4 Å². The molecule has 4 aromatic rings. The van der Waals surface area contributed by atoms with Crippen molar-refractivity contribution in [3.05, 3.63) is 119 Å². The molecule has 0 spiro atoms. The number of piperidine rings is 1. The summed E-state index contributed by atoms with van der Waals surface area (Å²) in [5.41, 5.74) is 13.4. The van der Waals surface area contributed by atoms with Crippen molar-refractivity contribution < 1.29 is 4.39 Å². The lowest BCUT2D eigenvalue weighted by atomic mass is 9.99. The first-order valence-corrected chi connectivity index (χ1v) is 15.3. The number of allylic oxidation sites excluding steroid dienone is 2. The number of anilines is 1. The van der Waals surface area contributed by atoms with E-state index in [0.717, 1.165) is 47.8 Å². The minimum absolute atomic E-state index is 0.263. The number of H-pyrrole nitrogens is 1. The van der Waals surface area contributed by atoms with Crippen molar-refractivity contribution in [1.82, 2.24) is 25.2 Å². The second-order valence-corrected chi connectivity index (χ2v) is 10.3. The first-order valence-electron chi connectivity index (χ1n) is 15.3. The number of aryl methyl sites for hydroxylation is 1. The summed E-state index contributed by atoms with van der Waals surface area (Å²) in [7, 11) is 0. The molecule has 0 atom stereocenters. The zero-order valence-electron chi connectivity index (χ0n) is 26.2. The maximum Gasteiger partial charge on any atom is 0.136 e. The van der Waals surface area contributed by atoms with E-state index in [-0.39, 0.29) is 12.2 Å². The number of nitrogen functional groups attached to an aromatic ring is 1. The molecule has 1 aliphatic heterocycles. The largest absolute Gasteiger partial charge is 0.398 e. The Morgan fingerprint density at radius 1 is 1.05 bits per heavy atom. The zero-order chi connectivity index (χ0) is 31.9. The van der Waals surface area contributed by atoms with E-state index in [1.807, 2.05) is 57.3 Å². The topological polar surface area (TPSA) is 82.9 Å². The number of nitrogens with two attached hydrogens (primary N) is 1. The molecule has 7 heteroatoms. The number of hydrogen-bond donors (Lipinski definition) is 3. The molecular weight excluding hydrogens is 547 g/mol. The van der Waals surface area contributed by atoms with Crippen molar-refractivity contribution in [3.63, 3.8) is 0 Å². The number of rotatable bonds is 10. The van der Waals surface area contributed by atoms with E-state index in [4.69, 9.17) is 10.7 Å². The predicted octanol–water partition coefficient (Wildman–Crippen LogP) is 7.67. The molecule has 6 nitrogen and oxygen atoms in total. The van der Waals surface area contributed by atoms with Gasteiger partial charge < -0.3 is 20.9 Å². The lowest BCUT2D eigenvalue weighted by Gasteiger charge is -2.30. The van der Waals surface area contributed by atoms with Gasteiger partial charge in [0.05, 0.1) is 5.70 Å². The van der Waals surface area contributed by atoms with Gasteiger partial charge in [0.25, 0.3) is 0 Å². The number of hydrogen-bond acceptors (Lipinski definition) is 5. The van der Waals surface area contributed by atoms with Crippen LogP contribution in [0.3, 0.4) is 0 Å². The van der Waals surface area contributed by atoms with Crippen LogP contribution in [0.15, 0.2) is 79.7 Å². The first-order chi connectivity index (χ1) is 21.5. The Balaban J connectivity index is 0.00000127. The lowest BCUT2D eigenvalue weighted by molar-refractivity contribution is 0.325. The molecule has 1 aliphatic rings. The van der Waals surface area contributed by atoms with E-state index in [0.29, 0.717) is 29.2 Å². The highest BCUT2D eigenvalue weighted by Gasteiger charge is 2.21. The second-order valence-electron chi connectivity index (χ2n) is 10.3. The third-order valence-electron chi connectivity index (χ3n) is 7.38. The molecule has 4 N–H and O–H groups in total. The number of aromatic nitrogens is 3. The van der Waals surface area contributed by atoms with Crippen LogP contribution in [0.2, 0.25) is 0 Å². The van der Waals surface area contributed by atoms with Crippen LogP contribution in [-0.2, 0) is 19.5 Å². The summed E-state index contributed by atoms with van der Waals surface area (Å²) in [6, 6.07) is 15.7. The molecule has 44 heavy (non-hydrogen) atoms. The molecule has 0 radical (unpaired) electrons. The van der Waals surface area contributed by atoms with E-state index in [1.54, 1.807) is 24.4 Å². The van der Waals surface area contributed by atoms with Gasteiger partial charge in [0.1, 0.15) is 17.3 Å². The predicted molar refractivity (Wildman–Crippen MR) is 182 cm³/mol. The maximum atomic E-state index is 16.0. The van der Waals surface area contributed by atoms with Crippen LogP contribution in [0.5, 0.6) is 0 Å². The smallest absolute Gasteiger partial charge is 0.136 e. The van der Waals surface area contributed by atoms with Gasteiger partial charge in [-0.05, 0) is 61.6 Å². The van der Waals surface area contributed by atoms with Crippen LogP contribution in [-0.4, -0.2) is 32.9 Å². The minimum atomic E-state index is -0.343. The molecule has 1 fully saturated rings. The average Bonchev–Trinajstić information content (AvgIpc) is 3.44. The highest BCUT2D eigenvalue weighted by molar-refractivity contribution is 5.69. The molecule has 0 aliphatic carbocycles. The molecule has 0 unspecified atom stereocenters. The van der Waals surface area contributed by atoms with Gasteiger partial charge in [-0.25, -0.2) is 9.37 Å². The van der Waals surface area contributed by atoms with E-state index in [2.05, 4.69) is 51.7 Å². The molecule has 1 saturated heterocycles. The normalized spacial score (nSPS) is 12.9. The monoisotopic (exact) mass is 592 g/mol. The van der Waals surface area contributed by atoms with Crippen molar-refractivity contribution in [3.8, 4) is 24.0 Å². The Hall–Kier alpha value is -4.67. The third-order valence-corrected chi connectivity index (χ3v) is 7.38. The molecule has 2 aromatic heterocycles. The van der Waals surface area contributed by atoms with Crippen molar-refractivity contribution in [1.29, 1.82) is 0 Å². The summed E-state index contributed by atoms with van der Waals surface area (Å²) in [5, 5.41) is 3.43. The molecular formula is C37H45FN6. The van der Waals surface area contributed by atoms with Crippen molar-refractivity contribution in [2.24, 2.45) is 0 Å². The molecule has 2 aromatic carbocycles. The first kappa shape index (κ1) is 33.8. The summed E-state index contributed by atoms with van der Waals surface area (Å²) in [6.45, 7) is 13.3. The molecule has 0 amide bonds. The quantitative estimate of drug-likeness (QED) is 0.100. The number of nitrogens with zero attached hydrogens (tertiary/aromatic N) is 3. The summed E-state index contributed by atoms with van der Waals surface area (Å²) in [6.07, 6.45) is 19.2. The van der Waals surface area contributed by atoms with Crippen LogP contribution in [0.1, 0.15) is 67.0 Å². The van der Waals surface area contributed by atoms with Crippen LogP contribution in [0.25, 0.3) is 16.8 Å². The van der Waals surface area contributed by atoms with Gasteiger partial charge in [0.15, 0.2) is 0 Å². The van der Waals surface area contributed by atoms with Crippen molar-refractivity contribution in [2.45, 2.75) is 59.5 Å². The number of likely N-dealkylation sites (tertiary alicyclic amines) is 1. The van der Waals surface area contributed by atoms with E-state index in [1.165, 1.54) is 24.8 Å². The van der Waals surface area contributed by atoms with Gasteiger partial charge in [0, 0.05) is 73.1 Å². The third kappa shape index (κ3) is 8.68. The second kappa shape index (κ2) is 17.4. The number of imidazole rings is 1.